The van der Waals surface area contributed by atoms with Crippen molar-refractivity contribution >= 4 is 22.8 Å². The molecule has 0 amide bonds. The second-order valence-corrected chi connectivity index (χ2v) is 8.34. The number of nitrogens with zero attached hydrogens (tertiary/aromatic N) is 2. The molecule has 0 radical (unpaired) electrons. The van der Waals surface area contributed by atoms with Crippen LogP contribution in [0.25, 0.3) is 0 Å². The summed E-state index contributed by atoms with van der Waals surface area (Å²) in [4.78, 5) is 24.6. The third-order valence-electron chi connectivity index (χ3n) is 4.47. The van der Waals surface area contributed by atoms with Gasteiger partial charge in [0.15, 0.2) is 5.78 Å². The van der Waals surface area contributed by atoms with Gasteiger partial charge in [-0.25, -0.2) is 0 Å². The highest BCUT2D eigenvalue weighted by atomic mass is 32.1. The Morgan fingerprint density at radius 2 is 2.16 bits per heavy atom. The van der Waals surface area contributed by atoms with Crippen LogP contribution in [-0.2, 0) is 9.53 Å². The Morgan fingerprint density at radius 1 is 1.48 bits per heavy atom. The van der Waals surface area contributed by atoms with Gasteiger partial charge in [-0.15, -0.1) is 11.3 Å². The number of allylic oxidation sites excluding steroid dienone is 3. The van der Waals surface area contributed by atoms with Crippen LogP contribution in [0.3, 0.4) is 0 Å². The molecule has 1 aromatic heterocycles. The predicted molar refractivity (Wildman–Crippen MR) is 91.4 cm³/mol. The minimum Gasteiger partial charge on any atom is -0.444 e. The maximum absolute atomic E-state index is 12.8. The van der Waals surface area contributed by atoms with E-state index in [2.05, 4.69) is 0 Å². The van der Waals surface area contributed by atoms with E-state index in [4.69, 9.17) is 10.5 Å². The van der Waals surface area contributed by atoms with Crippen LogP contribution in [0.15, 0.2) is 28.9 Å². The molecule has 130 valence electrons. The quantitative estimate of drug-likeness (QED) is 0.638. The Bertz CT molecular complexity index is 901. The summed E-state index contributed by atoms with van der Waals surface area (Å²) in [5, 5.41) is 20.7. The Morgan fingerprint density at radius 3 is 2.72 bits per heavy atom. The van der Waals surface area contributed by atoms with Crippen molar-refractivity contribution in [2.24, 2.45) is 11.1 Å². The summed E-state index contributed by atoms with van der Waals surface area (Å²) in [5.41, 5.74) is 6.17. The Balaban J connectivity index is 2.20. The zero-order valence-electron chi connectivity index (χ0n) is 14.1. The van der Waals surface area contributed by atoms with E-state index >= 15 is 0 Å². The van der Waals surface area contributed by atoms with Gasteiger partial charge in [-0.3, -0.25) is 14.9 Å². The first-order valence-corrected chi connectivity index (χ1v) is 8.55. The fourth-order valence-electron chi connectivity index (χ4n) is 3.39. The van der Waals surface area contributed by atoms with Gasteiger partial charge in [0.2, 0.25) is 5.88 Å². The van der Waals surface area contributed by atoms with E-state index in [0.717, 1.165) is 0 Å². The van der Waals surface area contributed by atoms with Crippen molar-refractivity contribution in [3.05, 3.63) is 48.7 Å². The molecule has 0 spiro atoms. The van der Waals surface area contributed by atoms with Gasteiger partial charge in [0, 0.05) is 29.4 Å². The topological polar surface area (TPSA) is 119 Å². The number of thiophene rings is 1. The normalized spacial score (nSPS) is 22.3. The first-order valence-electron chi connectivity index (χ1n) is 7.73. The maximum Gasteiger partial charge on any atom is 0.283 e. The van der Waals surface area contributed by atoms with E-state index in [1.54, 1.807) is 6.92 Å². The second kappa shape index (κ2) is 5.70. The highest BCUT2D eigenvalue weighted by Gasteiger charge is 2.44. The first-order chi connectivity index (χ1) is 11.6. The van der Waals surface area contributed by atoms with Crippen LogP contribution in [0.4, 0.5) is 5.69 Å². The minimum absolute atomic E-state index is 0.0203. The van der Waals surface area contributed by atoms with E-state index < -0.39 is 10.8 Å². The van der Waals surface area contributed by atoms with Crippen molar-refractivity contribution in [2.75, 3.05) is 0 Å². The lowest BCUT2D eigenvalue weighted by atomic mass is 9.71. The molecule has 2 N–H and O–H groups in total. The highest BCUT2D eigenvalue weighted by Crippen LogP contribution is 2.49. The number of nitrogens with two attached hydrogens (primary N) is 1. The Kier molecular flexibility index (Phi) is 3.92. The molecule has 0 fully saturated rings. The highest BCUT2D eigenvalue weighted by molar-refractivity contribution is 7.12. The number of nitriles is 1. The molecule has 2 aliphatic rings. The fraction of sp³-hybridized carbons (Fsp3) is 0.412. The summed E-state index contributed by atoms with van der Waals surface area (Å²) in [6.07, 6.45) is 0.854. The minimum atomic E-state index is -0.699. The van der Waals surface area contributed by atoms with Crippen LogP contribution in [0, 0.1) is 33.8 Å². The molecule has 7 nitrogen and oxygen atoms in total. The van der Waals surface area contributed by atoms with Gasteiger partial charge in [0.05, 0.1) is 15.7 Å². The number of aryl methyl sites for hydroxylation is 1. The van der Waals surface area contributed by atoms with Crippen molar-refractivity contribution < 1.29 is 14.5 Å². The first kappa shape index (κ1) is 17.2. The number of hydrogen-bond acceptors (Lipinski definition) is 7. The smallest absolute Gasteiger partial charge is 0.283 e. The lowest BCUT2D eigenvalue weighted by molar-refractivity contribution is -0.385. The number of ether oxygens (including phenoxy) is 1. The average molecular weight is 359 g/mol. The molecule has 3 rings (SSSR count). The molecule has 1 aliphatic carbocycles. The van der Waals surface area contributed by atoms with Crippen LogP contribution in [0.5, 0.6) is 0 Å². The number of hydrogen-bond donors (Lipinski definition) is 1. The zero-order valence-corrected chi connectivity index (χ0v) is 14.9. The van der Waals surface area contributed by atoms with E-state index in [9.17, 15) is 20.2 Å². The SMILES string of the molecule is Cc1sc([C@H]2C(C#N)=C(N)OC3=C2C(=O)CC(C)(C)C3)cc1[N+](=O)[O-]. The summed E-state index contributed by atoms with van der Waals surface area (Å²) in [5.74, 6) is -0.373. The number of rotatable bonds is 2. The molecule has 1 aromatic rings. The summed E-state index contributed by atoms with van der Waals surface area (Å²) in [7, 11) is 0. The molecule has 0 saturated carbocycles. The number of carbonyl (C=O) groups is 1. The third-order valence-corrected chi connectivity index (χ3v) is 5.57. The standard InChI is InChI=1S/C17H17N3O4S/c1-8-10(20(22)23)4-13(25-8)14-9(7-18)16(19)24-12-6-17(2,3)5-11(21)15(12)14/h4,14H,5-6,19H2,1-3H3/t14-/m1/s1. The molecule has 2 heterocycles. The summed E-state index contributed by atoms with van der Waals surface area (Å²) in [6.45, 7) is 5.58. The van der Waals surface area contributed by atoms with Gasteiger partial charge in [0.1, 0.15) is 17.4 Å². The zero-order chi connectivity index (χ0) is 18.5. The van der Waals surface area contributed by atoms with Gasteiger partial charge in [-0.1, -0.05) is 13.8 Å². The van der Waals surface area contributed by atoms with Gasteiger partial charge in [0.25, 0.3) is 5.69 Å². The molecular formula is C17H17N3O4S. The van der Waals surface area contributed by atoms with Crippen LogP contribution in [0.2, 0.25) is 0 Å². The van der Waals surface area contributed by atoms with Gasteiger partial charge >= 0.3 is 0 Å². The van der Waals surface area contributed by atoms with E-state index in [0.29, 0.717) is 33.9 Å². The molecule has 0 unspecified atom stereocenters. The van der Waals surface area contributed by atoms with Gasteiger partial charge in [-0.2, -0.15) is 5.26 Å². The molecule has 1 atom stereocenters. The number of carbonyl (C=O) groups excluding carboxylic acids is 1. The second-order valence-electron chi connectivity index (χ2n) is 7.05. The number of Topliss-reactive ketones (excluding diaryl/α,β-unsaturated/α-hetero) is 1. The lowest BCUT2D eigenvalue weighted by Crippen LogP contribution is -2.33. The molecule has 0 bridgehead atoms. The molecular weight excluding hydrogens is 342 g/mol. The molecule has 8 heteroatoms. The molecule has 0 saturated heterocycles. The maximum atomic E-state index is 12.8. The number of ketones is 1. The molecule has 25 heavy (non-hydrogen) atoms. The average Bonchev–Trinajstić information content (AvgIpc) is 2.86. The van der Waals surface area contributed by atoms with Crippen LogP contribution in [-0.4, -0.2) is 10.7 Å². The van der Waals surface area contributed by atoms with Crippen molar-refractivity contribution in [2.45, 2.75) is 39.5 Å². The summed E-state index contributed by atoms with van der Waals surface area (Å²) in [6, 6.07) is 3.44. The predicted octanol–water partition coefficient (Wildman–Crippen LogP) is 3.42. The summed E-state index contributed by atoms with van der Waals surface area (Å²) >= 11 is 1.20. The van der Waals surface area contributed by atoms with Gasteiger partial charge < -0.3 is 10.5 Å². The van der Waals surface area contributed by atoms with Crippen molar-refractivity contribution in [3.8, 4) is 6.07 Å². The van der Waals surface area contributed by atoms with Crippen molar-refractivity contribution in [3.63, 3.8) is 0 Å². The van der Waals surface area contributed by atoms with Crippen LogP contribution < -0.4 is 5.73 Å². The van der Waals surface area contributed by atoms with Crippen LogP contribution >= 0.6 is 11.3 Å². The Hall–Kier alpha value is -2.66. The van der Waals surface area contributed by atoms with Crippen molar-refractivity contribution in [1.82, 2.24) is 0 Å². The Labute approximate surface area is 148 Å². The van der Waals surface area contributed by atoms with Gasteiger partial charge in [-0.05, 0) is 12.3 Å². The lowest BCUT2D eigenvalue weighted by Gasteiger charge is -2.36. The fourth-order valence-corrected chi connectivity index (χ4v) is 4.50. The van der Waals surface area contributed by atoms with E-state index in [1.165, 1.54) is 17.4 Å². The van der Waals surface area contributed by atoms with Crippen LogP contribution in [0.1, 0.15) is 42.4 Å². The monoisotopic (exact) mass is 359 g/mol. The van der Waals surface area contributed by atoms with E-state index in [1.807, 2.05) is 19.9 Å². The largest absolute Gasteiger partial charge is 0.444 e. The number of nitro groups is 1. The van der Waals surface area contributed by atoms with E-state index in [-0.39, 0.29) is 28.3 Å². The molecule has 1 aliphatic heterocycles. The summed E-state index contributed by atoms with van der Waals surface area (Å²) < 4.78 is 5.60. The molecule has 0 aromatic carbocycles. The van der Waals surface area contributed by atoms with Crippen molar-refractivity contribution in [1.29, 1.82) is 5.26 Å². The third kappa shape index (κ3) is 2.81.